The van der Waals surface area contributed by atoms with E-state index in [-0.39, 0.29) is 5.82 Å². The first-order valence-electron chi connectivity index (χ1n) is 8.38. The van der Waals surface area contributed by atoms with E-state index in [2.05, 4.69) is 20.3 Å². The molecule has 0 aliphatic carbocycles. The van der Waals surface area contributed by atoms with Gasteiger partial charge in [-0.15, -0.1) is 0 Å². The monoisotopic (exact) mass is 360 g/mol. The molecule has 2 aromatic carbocycles. The van der Waals surface area contributed by atoms with Crippen molar-refractivity contribution in [3.8, 4) is 0 Å². The Morgan fingerprint density at radius 1 is 0.926 bits per heavy atom. The van der Waals surface area contributed by atoms with E-state index in [0.717, 1.165) is 27.7 Å². The summed E-state index contributed by atoms with van der Waals surface area (Å²) in [5.74, 6) is -0.498. The Morgan fingerprint density at radius 3 is 2.56 bits per heavy atom. The fourth-order valence-electron chi connectivity index (χ4n) is 3.73. The molecule has 0 saturated heterocycles. The summed E-state index contributed by atoms with van der Waals surface area (Å²) in [6.45, 7) is 0. The number of H-pyrrole nitrogens is 2. The average Bonchev–Trinajstić information content (AvgIpc) is 2.66. The van der Waals surface area contributed by atoms with Crippen molar-refractivity contribution in [2.24, 2.45) is 0 Å². The molecule has 3 N–H and O–H groups in total. The van der Waals surface area contributed by atoms with Gasteiger partial charge in [-0.05, 0) is 41.5 Å². The van der Waals surface area contributed by atoms with Gasteiger partial charge in [-0.3, -0.25) is 19.7 Å². The van der Waals surface area contributed by atoms with Crippen LogP contribution in [0.1, 0.15) is 22.6 Å². The van der Waals surface area contributed by atoms with E-state index in [0.29, 0.717) is 11.4 Å². The zero-order valence-corrected chi connectivity index (χ0v) is 13.9. The Kier molecular flexibility index (Phi) is 3.24. The standard InChI is InChI=1S/C20H13FN4O2/c21-11-5-3-10(4-6-11)15-16-12-2-1-9-22-13(12)7-8-14(16)23-18-17(15)19(26)25-20(27)24-18/h1-9,15H,(H3,23,24,25,26,27). The lowest BCUT2D eigenvalue weighted by molar-refractivity contribution is 0.626. The molecule has 7 heteroatoms. The van der Waals surface area contributed by atoms with E-state index >= 15 is 0 Å². The van der Waals surface area contributed by atoms with E-state index in [9.17, 15) is 14.0 Å². The second kappa shape index (κ2) is 5.63. The van der Waals surface area contributed by atoms with Gasteiger partial charge in [0, 0.05) is 23.2 Å². The van der Waals surface area contributed by atoms with Crippen LogP contribution in [0.25, 0.3) is 10.9 Å². The van der Waals surface area contributed by atoms with E-state index in [1.54, 1.807) is 18.3 Å². The molecule has 27 heavy (non-hydrogen) atoms. The zero-order valence-electron chi connectivity index (χ0n) is 13.9. The molecule has 132 valence electrons. The number of hydrogen-bond acceptors (Lipinski definition) is 4. The lowest BCUT2D eigenvalue weighted by Gasteiger charge is -2.29. The smallest absolute Gasteiger partial charge is 0.327 e. The van der Waals surface area contributed by atoms with Gasteiger partial charge in [-0.25, -0.2) is 9.18 Å². The number of nitrogens with zero attached hydrogens (tertiary/aromatic N) is 1. The third kappa shape index (κ3) is 2.36. The molecule has 0 radical (unpaired) electrons. The summed E-state index contributed by atoms with van der Waals surface area (Å²) in [5, 5.41) is 4.03. The Bertz CT molecular complexity index is 1310. The maximum atomic E-state index is 13.5. The van der Waals surface area contributed by atoms with Crippen LogP contribution >= 0.6 is 0 Å². The summed E-state index contributed by atoms with van der Waals surface area (Å²) in [4.78, 5) is 33.8. The largest absolute Gasteiger partial charge is 0.341 e. The van der Waals surface area contributed by atoms with Crippen molar-refractivity contribution in [3.63, 3.8) is 0 Å². The fourth-order valence-corrected chi connectivity index (χ4v) is 3.73. The van der Waals surface area contributed by atoms with Gasteiger partial charge in [0.05, 0.1) is 11.1 Å². The molecule has 2 aromatic heterocycles. The van der Waals surface area contributed by atoms with Crippen molar-refractivity contribution in [3.05, 3.63) is 98.1 Å². The summed E-state index contributed by atoms with van der Waals surface area (Å²) in [5.41, 5.74) is 2.46. The minimum absolute atomic E-state index is 0.341. The number of rotatable bonds is 1. The van der Waals surface area contributed by atoms with Crippen molar-refractivity contribution < 1.29 is 4.39 Å². The molecule has 0 amide bonds. The lowest BCUT2D eigenvalue weighted by Crippen LogP contribution is -2.32. The summed E-state index contributed by atoms with van der Waals surface area (Å²) >= 11 is 0. The minimum Gasteiger partial charge on any atom is -0.341 e. The molecule has 0 saturated carbocycles. The predicted octanol–water partition coefficient (Wildman–Crippen LogP) is 2.99. The summed E-state index contributed by atoms with van der Waals surface area (Å²) in [7, 11) is 0. The van der Waals surface area contributed by atoms with Gasteiger partial charge in [-0.1, -0.05) is 18.2 Å². The van der Waals surface area contributed by atoms with Crippen molar-refractivity contribution in [1.29, 1.82) is 0 Å². The normalized spacial score (nSPS) is 15.1. The molecule has 1 atom stereocenters. The quantitative estimate of drug-likeness (QED) is 0.429. The molecule has 3 heterocycles. The highest BCUT2D eigenvalue weighted by Crippen LogP contribution is 2.45. The molecule has 0 bridgehead atoms. The number of aromatic nitrogens is 3. The van der Waals surface area contributed by atoms with Crippen molar-refractivity contribution in [2.45, 2.75) is 5.92 Å². The fraction of sp³-hybridized carbons (Fsp3) is 0.0500. The van der Waals surface area contributed by atoms with Crippen molar-refractivity contribution in [2.75, 3.05) is 5.32 Å². The van der Waals surface area contributed by atoms with Crippen LogP contribution < -0.4 is 16.6 Å². The highest BCUT2D eigenvalue weighted by Gasteiger charge is 2.32. The minimum atomic E-state index is -0.588. The number of benzene rings is 2. The third-order valence-electron chi connectivity index (χ3n) is 4.85. The summed E-state index contributed by atoms with van der Waals surface area (Å²) in [6.07, 6.45) is 1.70. The Morgan fingerprint density at radius 2 is 1.74 bits per heavy atom. The predicted molar refractivity (Wildman–Crippen MR) is 100 cm³/mol. The first-order chi connectivity index (χ1) is 13.1. The van der Waals surface area contributed by atoms with Gasteiger partial charge in [0.15, 0.2) is 0 Å². The number of hydrogen-bond donors (Lipinski definition) is 3. The van der Waals surface area contributed by atoms with Gasteiger partial charge in [-0.2, -0.15) is 0 Å². The zero-order chi connectivity index (χ0) is 18.5. The summed E-state index contributed by atoms with van der Waals surface area (Å²) in [6, 6.07) is 13.5. The molecule has 1 unspecified atom stereocenters. The topological polar surface area (TPSA) is 90.6 Å². The average molecular weight is 360 g/mol. The summed E-state index contributed by atoms with van der Waals surface area (Å²) < 4.78 is 13.5. The van der Waals surface area contributed by atoms with Gasteiger partial charge in [0.2, 0.25) is 0 Å². The number of anilines is 2. The number of aromatic amines is 2. The lowest BCUT2D eigenvalue weighted by atomic mass is 9.81. The molecule has 0 spiro atoms. The first-order valence-corrected chi connectivity index (χ1v) is 8.38. The molecular weight excluding hydrogens is 347 g/mol. The Hall–Kier alpha value is -3.74. The number of fused-ring (bicyclic) bond motifs is 4. The number of halogens is 1. The van der Waals surface area contributed by atoms with Crippen LogP contribution in [-0.4, -0.2) is 15.0 Å². The third-order valence-corrected chi connectivity index (χ3v) is 4.85. The molecule has 1 aliphatic heterocycles. The Balaban J connectivity index is 1.90. The van der Waals surface area contributed by atoms with Crippen LogP contribution in [0.3, 0.4) is 0 Å². The van der Waals surface area contributed by atoms with Gasteiger partial charge >= 0.3 is 5.69 Å². The van der Waals surface area contributed by atoms with Crippen LogP contribution in [-0.2, 0) is 0 Å². The van der Waals surface area contributed by atoms with Gasteiger partial charge < -0.3 is 5.32 Å². The van der Waals surface area contributed by atoms with Crippen LogP contribution in [0.5, 0.6) is 0 Å². The van der Waals surface area contributed by atoms with Gasteiger partial charge in [0.1, 0.15) is 11.6 Å². The SMILES string of the molecule is O=c1[nH]c2c(c(=O)[nH]1)C(c1ccc(F)cc1)c1c(ccc3ncccc13)N2. The van der Waals surface area contributed by atoms with E-state index in [4.69, 9.17) is 0 Å². The molecule has 4 aromatic rings. The van der Waals surface area contributed by atoms with E-state index in [1.165, 1.54) is 12.1 Å². The highest BCUT2D eigenvalue weighted by molar-refractivity contribution is 5.92. The van der Waals surface area contributed by atoms with Crippen molar-refractivity contribution in [1.82, 2.24) is 15.0 Å². The molecule has 5 rings (SSSR count). The van der Waals surface area contributed by atoms with E-state index in [1.807, 2.05) is 24.3 Å². The van der Waals surface area contributed by atoms with Crippen LogP contribution in [0.4, 0.5) is 15.9 Å². The maximum absolute atomic E-state index is 13.5. The van der Waals surface area contributed by atoms with Crippen LogP contribution in [0, 0.1) is 5.82 Å². The second-order valence-corrected chi connectivity index (χ2v) is 6.40. The van der Waals surface area contributed by atoms with Crippen molar-refractivity contribution >= 4 is 22.4 Å². The highest BCUT2D eigenvalue weighted by atomic mass is 19.1. The molecular formula is C20H13FN4O2. The Labute approximate surface area is 151 Å². The second-order valence-electron chi connectivity index (χ2n) is 6.40. The first kappa shape index (κ1) is 15.5. The maximum Gasteiger partial charge on any atom is 0.327 e. The van der Waals surface area contributed by atoms with Gasteiger partial charge in [0.25, 0.3) is 5.56 Å². The molecule has 0 fully saturated rings. The number of pyridine rings is 1. The van der Waals surface area contributed by atoms with Crippen LogP contribution in [0.15, 0.2) is 64.3 Å². The van der Waals surface area contributed by atoms with E-state index < -0.39 is 17.2 Å². The molecule has 6 nitrogen and oxygen atoms in total. The number of nitrogens with one attached hydrogen (secondary N) is 3. The van der Waals surface area contributed by atoms with Crippen LogP contribution in [0.2, 0.25) is 0 Å². The molecule has 1 aliphatic rings.